The Morgan fingerprint density at radius 1 is 0.985 bits per heavy atom. The van der Waals surface area contributed by atoms with Gasteiger partial charge in [0.15, 0.2) is 0 Å². The number of amides is 3. The van der Waals surface area contributed by atoms with Gasteiger partial charge in [-0.1, -0.05) is 61.5 Å². The number of nitrogens with zero attached hydrogens (tertiary/aromatic N) is 4. The van der Waals surface area contributed by atoms with E-state index in [1.807, 2.05) is 42.2 Å². The number of halogens is 1. The molecule has 1 aromatic heterocycles. The summed E-state index contributed by atoms with van der Waals surface area (Å²) in [5.41, 5.74) is 0.498. The lowest BCUT2D eigenvalue weighted by atomic mass is 9.85. The highest BCUT2D eigenvalue weighted by molar-refractivity contribution is 7.57. The van der Waals surface area contributed by atoms with Crippen molar-refractivity contribution in [3.05, 3.63) is 101 Å². The monoisotopic (exact) mass is 952 g/mol. The molecule has 1 unspecified atom stereocenters. The highest BCUT2D eigenvalue weighted by atomic mass is 32.1. The maximum absolute atomic E-state index is 16.7. The van der Waals surface area contributed by atoms with Gasteiger partial charge in [-0.05, 0) is 105 Å². The minimum atomic E-state index is -4.48. The Morgan fingerprint density at radius 3 is 2.40 bits per heavy atom. The maximum atomic E-state index is 16.7. The number of para-hydroxylation sites is 1. The van der Waals surface area contributed by atoms with Crippen LogP contribution in [-0.2, 0) is 28.4 Å². The summed E-state index contributed by atoms with van der Waals surface area (Å²) in [4.78, 5) is 63.3. The number of thiophene rings is 1. The lowest BCUT2D eigenvalue weighted by Crippen LogP contribution is -2.59. The van der Waals surface area contributed by atoms with Crippen LogP contribution >= 0.6 is 18.9 Å². The van der Waals surface area contributed by atoms with Crippen molar-refractivity contribution in [1.29, 1.82) is 5.26 Å². The van der Waals surface area contributed by atoms with Crippen LogP contribution in [0.2, 0.25) is 0 Å². The molecule has 14 nitrogen and oxygen atoms in total. The molecule has 1 aliphatic carbocycles. The molecule has 1 spiro atoms. The van der Waals surface area contributed by atoms with Gasteiger partial charge in [0.25, 0.3) is 5.91 Å². The van der Waals surface area contributed by atoms with Gasteiger partial charge in [-0.15, -0.1) is 11.3 Å². The fraction of sp³-hybridized carbons (Fsp3) is 0.500. The standard InChI is InChI=1S/C50H58FN6O8PS/c1-3-24-64-49(61)32(2)54-66(62,65-38-12-8-5-9-13-38)45(51)34-14-19-43-35(27-34)28-44(67-43)46(58)53-41-17-15-36(55-22-25-63-26-23-55)29-37-16-18-42(57(37)47(41)59)48(60)56-31-39(33-10-6-4-7-11-33)40(30-52)50(56)20-21-50/h4-14,19,27-28,32,36-37,39-42,45H,3,15-18,20-26,29,31H2,1-2H3,(H,53,58)(H,54,62)/t32-,36-,37+,39+,40+,41-,42-,45+,66?/m0/s1. The minimum absolute atomic E-state index is 0.0143. The van der Waals surface area contributed by atoms with Crippen LogP contribution in [0, 0.1) is 17.2 Å². The molecule has 2 N–H and O–H groups in total. The summed E-state index contributed by atoms with van der Waals surface area (Å²) in [5.74, 6) is -4.11. The van der Waals surface area contributed by atoms with Crippen LogP contribution in [0.3, 0.4) is 0 Å². The predicted molar refractivity (Wildman–Crippen MR) is 251 cm³/mol. The zero-order valence-electron chi connectivity index (χ0n) is 37.9. The molecule has 354 valence electrons. The molecule has 67 heavy (non-hydrogen) atoms. The summed E-state index contributed by atoms with van der Waals surface area (Å²) in [6, 6.07) is 24.0. The predicted octanol–water partition coefficient (Wildman–Crippen LogP) is 7.71. The lowest BCUT2D eigenvalue weighted by molar-refractivity contribution is -0.148. The van der Waals surface area contributed by atoms with Crippen molar-refractivity contribution in [2.24, 2.45) is 5.92 Å². The van der Waals surface area contributed by atoms with Gasteiger partial charge >= 0.3 is 13.5 Å². The summed E-state index contributed by atoms with van der Waals surface area (Å²) in [6.45, 7) is 6.59. The molecular formula is C50H58FN6O8PS. The Hall–Kier alpha value is -5.17. The molecule has 1 saturated carbocycles. The zero-order valence-corrected chi connectivity index (χ0v) is 39.6. The number of alkyl halides is 1. The second-order valence-corrected chi connectivity index (χ2v) is 21.7. The maximum Gasteiger partial charge on any atom is 0.355 e. The van der Waals surface area contributed by atoms with Crippen LogP contribution < -0.4 is 14.9 Å². The van der Waals surface area contributed by atoms with E-state index in [1.54, 1.807) is 47.4 Å². The largest absolute Gasteiger partial charge is 0.465 e. The van der Waals surface area contributed by atoms with Crippen molar-refractivity contribution in [2.75, 3.05) is 39.5 Å². The molecular weight excluding hydrogens is 895 g/mol. The Kier molecular flexibility index (Phi) is 13.9. The molecule has 4 aliphatic heterocycles. The molecule has 4 aromatic rings. The number of likely N-dealkylation sites (tertiary alicyclic amines) is 1. The van der Waals surface area contributed by atoms with E-state index in [9.17, 15) is 29.0 Å². The van der Waals surface area contributed by atoms with E-state index in [4.69, 9.17) is 14.0 Å². The smallest absolute Gasteiger partial charge is 0.355 e. The van der Waals surface area contributed by atoms with Gasteiger partial charge < -0.3 is 29.1 Å². The van der Waals surface area contributed by atoms with E-state index in [-0.39, 0.29) is 53.7 Å². The quantitative estimate of drug-likeness (QED) is 0.0938. The first-order chi connectivity index (χ1) is 32.4. The number of fused-ring (bicyclic) bond motifs is 2. The van der Waals surface area contributed by atoms with Crippen LogP contribution in [-0.4, -0.2) is 114 Å². The molecule has 5 aliphatic rings. The number of ether oxygens (including phenoxy) is 2. The fourth-order valence-electron chi connectivity index (χ4n) is 10.8. The summed E-state index contributed by atoms with van der Waals surface area (Å²) < 4.78 is 48.6. The molecule has 9 rings (SSSR count). The van der Waals surface area contributed by atoms with Crippen LogP contribution in [0.15, 0.2) is 84.9 Å². The topological polar surface area (TPSA) is 171 Å². The third kappa shape index (κ3) is 9.50. The number of carbonyl (C=O) groups is 4. The van der Waals surface area contributed by atoms with Gasteiger partial charge in [0, 0.05) is 42.3 Å². The molecule has 0 radical (unpaired) electrons. The van der Waals surface area contributed by atoms with Crippen LogP contribution in [0.5, 0.6) is 5.75 Å². The summed E-state index contributed by atoms with van der Waals surface area (Å²) in [5, 5.41) is 16.7. The second kappa shape index (κ2) is 19.8. The van der Waals surface area contributed by atoms with E-state index in [2.05, 4.69) is 21.4 Å². The molecule has 3 aromatic carbocycles. The second-order valence-electron chi connectivity index (χ2n) is 18.6. The third-order valence-corrected chi connectivity index (χ3v) is 17.6. The van der Waals surface area contributed by atoms with Crippen molar-refractivity contribution in [2.45, 2.75) is 113 Å². The highest BCUT2D eigenvalue weighted by Crippen LogP contribution is 2.59. The number of esters is 1. The fourth-order valence-corrected chi connectivity index (χ4v) is 13.7. The summed E-state index contributed by atoms with van der Waals surface area (Å²) in [6.07, 6.45) is 4.97. The Morgan fingerprint density at radius 2 is 1.70 bits per heavy atom. The van der Waals surface area contributed by atoms with E-state index < -0.39 is 49.0 Å². The van der Waals surface area contributed by atoms with Crippen molar-refractivity contribution < 1.29 is 42.1 Å². The average Bonchev–Trinajstić information content (AvgIpc) is 3.67. The molecule has 17 heteroatoms. The average molecular weight is 953 g/mol. The van der Waals surface area contributed by atoms with Gasteiger partial charge in [0.1, 0.15) is 23.9 Å². The number of rotatable bonds is 14. The van der Waals surface area contributed by atoms with Crippen LogP contribution in [0.4, 0.5) is 4.39 Å². The number of morpholine rings is 1. The first kappa shape index (κ1) is 46.9. The molecule has 4 saturated heterocycles. The van der Waals surface area contributed by atoms with Crippen molar-refractivity contribution in [1.82, 2.24) is 25.1 Å². The van der Waals surface area contributed by atoms with Crippen LogP contribution in [0.1, 0.15) is 97.8 Å². The highest BCUT2D eigenvalue weighted by Gasteiger charge is 2.64. The number of carbonyl (C=O) groups excluding carboxylic acids is 4. The van der Waals surface area contributed by atoms with Gasteiger partial charge in [0.05, 0.1) is 42.2 Å². The number of nitrogens with one attached hydrogen (secondary N) is 2. The SMILES string of the molecule is CCCOC(=O)[C@H](C)NP(=O)(Oc1ccccc1)[C@@H](F)c1ccc2sc(C(=O)N[C@H]3CC[C@H](N4CCOCC4)C[C@H]4CC[C@@H](C(=O)N5C[C@H](c6ccccc6)[C@@H](C#N)C56CC6)N4C3=O)cc2c1. The summed E-state index contributed by atoms with van der Waals surface area (Å²) >= 11 is 1.18. The Balaban J connectivity index is 0.961. The zero-order chi connectivity index (χ0) is 46.9. The first-order valence-electron chi connectivity index (χ1n) is 23.6. The van der Waals surface area contributed by atoms with Crippen molar-refractivity contribution >= 4 is 52.6 Å². The van der Waals surface area contributed by atoms with E-state index in [0.717, 1.165) is 31.5 Å². The Bertz CT molecular complexity index is 2550. The third-order valence-electron chi connectivity index (χ3n) is 14.3. The van der Waals surface area contributed by atoms with Gasteiger partial charge in [-0.2, -0.15) is 5.26 Å². The molecule has 9 atom stereocenters. The number of hydrogen-bond donors (Lipinski definition) is 2. The number of nitriles is 1. The van der Waals surface area contributed by atoms with Crippen molar-refractivity contribution in [3.8, 4) is 11.8 Å². The summed E-state index contributed by atoms with van der Waals surface area (Å²) in [7, 11) is -4.48. The molecule has 0 bridgehead atoms. The lowest BCUT2D eigenvalue weighted by Gasteiger charge is -2.42. The van der Waals surface area contributed by atoms with E-state index in [1.165, 1.54) is 30.4 Å². The van der Waals surface area contributed by atoms with E-state index >= 15 is 4.39 Å². The molecule has 3 amide bonds. The van der Waals surface area contributed by atoms with Gasteiger partial charge in [-0.3, -0.25) is 28.6 Å². The van der Waals surface area contributed by atoms with Gasteiger partial charge in [0.2, 0.25) is 17.7 Å². The number of benzene rings is 3. The first-order valence-corrected chi connectivity index (χ1v) is 26.1. The normalized spacial score (nSPS) is 26.7. The van der Waals surface area contributed by atoms with Crippen LogP contribution in [0.25, 0.3) is 10.1 Å². The van der Waals surface area contributed by atoms with Gasteiger partial charge in [-0.25, -0.2) is 9.48 Å². The molecule has 5 heterocycles. The number of hydrogen-bond acceptors (Lipinski definition) is 11. The molecule has 5 fully saturated rings. The Labute approximate surface area is 394 Å². The van der Waals surface area contributed by atoms with Crippen molar-refractivity contribution in [3.63, 3.8) is 0 Å². The van der Waals surface area contributed by atoms with E-state index in [0.29, 0.717) is 73.2 Å². The minimum Gasteiger partial charge on any atom is -0.465 e.